The van der Waals surface area contributed by atoms with Gasteiger partial charge in [0.05, 0.1) is 14.2 Å². The highest BCUT2D eigenvalue weighted by molar-refractivity contribution is 6.31. The Kier molecular flexibility index (Phi) is 4.81. The molecule has 0 aromatic heterocycles. The third kappa shape index (κ3) is 3.34. The Hall–Kier alpha value is -2.07. The van der Waals surface area contributed by atoms with Gasteiger partial charge in [0.15, 0.2) is 17.3 Å². The van der Waals surface area contributed by atoms with Gasteiger partial charge in [0.25, 0.3) is 0 Å². The van der Waals surface area contributed by atoms with Crippen molar-refractivity contribution < 1.29 is 18.7 Å². The maximum absolute atomic E-state index is 13.7. The monoisotopic (exact) mass is 308 g/mol. The SMILES string of the molecule is COc1ccc(C(=O)Cc2c(F)cccc2Cl)cc1OC. The van der Waals surface area contributed by atoms with Crippen molar-refractivity contribution >= 4 is 17.4 Å². The number of rotatable bonds is 5. The van der Waals surface area contributed by atoms with Gasteiger partial charge < -0.3 is 9.47 Å². The second-order valence-corrected chi connectivity index (χ2v) is 4.78. The average molecular weight is 309 g/mol. The van der Waals surface area contributed by atoms with Crippen LogP contribution in [-0.2, 0) is 6.42 Å². The minimum atomic E-state index is -0.490. The predicted octanol–water partition coefficient (Wildman–Crippen LogP) is 3.92. The molecule has 2 aromatic carbocycles. The minimum absolute atomic E-state index is 0.110. The normalized spacial score (nSPS) is 10.3. The molecule has 21 heavy (non-hydrogen) atoms. The third-order valence-corrected chi connectivity index (χ3v) is 3.46. The minimum Gasteiger partial charge on any atom is -0.493 e. The molecule has 0 aliphatic carbocycles. The summed E-state index contributed by atoms with van der Waals surface area (Å²) in [6, 6.07) is 9.15. The van der Waals surface area contributed by atoms with Crippen LogP contribution in [0.4, 0.5) is 4.39 Å². The molecule has 0 N–H and O–H groups in total. The van der Waals surface area contributed by atoms with Crippen LogP contribution in [-0.4, -0.2) is 20.0 Å². The van der Waals surface area contributed by atoms with Gasteiger partial charge in [0, 0.05) is 22.6 Å². The first kappa shape index (κ1) is 15.3. The average Bonchev–Trinajstić information content (AvgIpc) is 2.50. The highest BCUT2D eigenvalue weighted by Gasteiger charge is 2.15. The number of carbonyl (C=O) groups excluding carboxylic acids is 1. The van der Waals surface area contributed by atoms with Crippen molar-refractivity contribution in [3.63, 3.8) is 0 Å². The fraction of sp³-hybridized carbons (Fsp3) is 0.188. The van der Waals surface area contributed by atoms with E-state index in [1.54, 1.807) is 24.3 Å². The van der Waals surface area contributed by atoms with E-state index in [2.05, 4.69) is 0 Å². The summed E-state index contributed by atoms with van der Waals surface area (Å²) in [4.78, 5) is 12.3. The zero-order valence-corrected chi connectivity index (χ0v) is 12.4. The molecule has 0 saturated carbocycles. The van der Waals surface area contributed by atoms with E-state index in [-0.39, 0.29) is 22.8 Å². The zero-order valence-electron chi connectivity index (χ0n) is 11.7. The van der Waals surface area contributed by atoms with Crippen molar-refractivity contribution in [1.29, 1.82) is 0 Å². The molecule has 0 saturated heterocycles. The summed E-state index contributed by atoms with van der Waals surface area (Å²) in [6.45, 7) is 0. The Bertz CT molecular complexity index is 650. The molecule has 110 valence electrons. The molecular formula is C16H14ClFO3. The molecule has 0 amide bonds. The number of ether oxygens (including phenoxy) is 2. The lowest BCUT2D eigenvalue weighted by Gasteiger charge is -2.10. The Morgan fingerprint density at radius 3 is 2.48 bits per heavy atom. The molecule has 0 aliphatic rings. The number of methoxy groups -OCH3 is 2. The molecule has 0 spiro atoms. The van der Waals surface area contributed by atoms with Crippen LogP contribution in [0.1, 0.15) is 15.9 Å². The van der Waals surface area contributed by atoms with E-state index >= 15 is 0 Å². The van der Waals surface area contributed by atoms with Crippen LogP contribution in [0.5, 0.6) is 11.5 Å². The fourth-order valence-corrected chi connectivity index (χ4v) is 2.20. The lowest BCUT2D eigenvalue weighted by molar-refractivity contribution is 0.0991. The summed E-state index contributed by atoms with van der Waals surface area (Å²) in [6.07, 6.45) is -0.110. The Balaban J connectivity index is 2.29. The van der Waals surface area contributed by atoms with Gasteiger partial charge >= 0.3 is 0 Å². The molecule has 0 radical (unpaired) electrons. The van der Waals surface area contributed by atoms with Crippen LogP contribution in [0.15, 0.2) is 36.4 Å². The molecule has 3 nitrogen and oxygen atoms in total. The van der Waals surface area contributed by atoms with E-state index < -0.39 is 5.82 Å². The van der Waals surface area contributed by atoms with Crippen LogP contribution in [0.3, 0.4) is 0 Å². The second-order valence-electron chi connectivity index (χ2n) is 4.37. The molecule has 0 bridgehead atoms. The van der Waals surface area contributed by atoms with Crippen LogP contribution in [0, 0.1) is 5.82 Å². The van der Waals surface area contributed by atoms with Crippen molar-refractivity contribution in [3.8, 4) is 11.5 Å². The lowest BCUT2D eigenvalue weighted by Crippen LogP contribution is -2.06. The maximum Gasteiger partial charge on any atom is 0.167 e. The van der Waals surface area contributed by atoms with Crippen molar-refractivity contribution in [3.05, 3.63) is 58.4 Å². The molecule has 2 aromatic rings. The molecule has 0 unspecified atom stereocenters. The molecular weight excluding hydrogens is 295 g/mol. The van der Waals surface area contributed by atoms with Crippen molar-refractivity contribution in [2.24, 2.45) is 0 Å². The van der Waals surface area contributed by atoms with Gasteiger partial charge in [-0.15, -0.1) is 0 Å². The van der Waals surface area contributed by atoms with Gasteiger partial charge in [0.2, 0.25) is 0 Å². The highest BCUT2D eigenvalue weighted by Crippen LogP contribution is 2.28. The summed E-state index contributed by atoms with van der Waals surface area (Å²) in [5, 5.41) is 0.240. The van der Waals surface area contributed by atoms with Gasteiger partial charge in [-0.3, -0.25) is 4.79 Å². The summed E-state index contributed by atoms with van der Waals surface area (Å²) < 4.78 is 24.0. The fourth-order valence-electron chi connectivity index (χ4n) is 1.97. The molecule has 0 fully saturated rings. The standard InChI is InChI=1S/C16H14ClFO3/c1-20-15-7-6-10(8-16(15)21-2)14(19)9-11-12(17)4-3-5-13(11)18/h3-8H,9H2,1-2H3. The lowest BCUT2D eigenvalue weighted by atomic mass is 10.0. The molecule has 0 heterocycles. The van der Waals surface area contributed by atoms with Crippen molar-refractivity contribution in [2.75, 3.05) is 14.2 Å². The van der Waals surface area contributed by atoms with Gasteiger partial charge in [0.1, 0.15) is 5.82 Å². The van der Waals surface area contributed by atoms with Gasteiger partial charge in [-0.05, 0) is 30.3 Å². The Morgan fingerprint density at radius 1 is 1.14 bits per heavy atom. The topological polar surface area (TPSA) is 35.5 Å². The first-order chi connectivity index (χ1) is 10.1. The molecule has 0 aliphatic heterocycles. The van der Waals surface area contributed by atoms with Gasteiger partial charge in [-0.1, -0.05) is 17.7 Å². The Labute approximate surface area is 127 Å². The quantitative estimate of drug-likeness (QED) is 0.785. The van der Waals surface area contributed by atoms with E-state index in [1.807, 2.05) is 0 Å². The predicted molar refractivity (Wildman–Crippen MR) is 79.0 cm³/mol. The van der Waals surface area contributed by atoms with Crippen molar-refractivity contribution in [2.45, 2.75) is 6.42 Å². The number of hydrogen-bond donors (Lipinski definition) is 0. The number of halogens is 2. The smallest absolute Gasteiger partial charge is 0.167 e. The first-order valence-corrected chi connectivity index (χ1v) is 6.62. The number of hydrogen-bond acceptors (Lipinski definition) is 3. The van der Waals surface area contributed by atoms with E-state index in [9.17, 15) is 9.18 Å². The van der Waals surface area contributed by atoms with E-state index in [0.717, 1.165) is 0 Å². The van der Waals surface area contributed by atoms with Crippen LogP contribution in [0.25, 0.3) is 0 Å². The summed E-state index contributed by atoms with van der Waals surface area (Å²) in [7, 11) is 3.00. The summed E-state index contributed by atoms with van der Waals surface area (Å²) in [5.41, 5.74) is 0.603. The first-order valence-electron chi connectivity index (χ1n) is 6.25. The second kappa shape index (κ2) is 6.59. The number of carbonyl (C=O) groups is 1. The summed E-state index contributed by atoms with van der Waals surface area (Å²) >= 11 is 5.93. The highest BCUT2D eigenvalue weighted by atomic mass is 35.5. The van der Waals surface area contributed by atoms with Gasteiger partial charge in [-0.2, -0.15) is 0 Å². The van der Waals surface area contributed by atoms with E-state index in [1.165, 1.54) is 26.4 Å². The largest absolute Gasteiger partial charge is 0.493 e. The third-order valence-electron chi connectivity index (χ3n) is 3.10. The van der Waals surface area contributed by atoms with E-state index in [0.29, 0.717) is 17.1 Å². The zero-order chi connectivity index (χ0) is 15.4. The molecule has 0 atom stereocenters. The number of Topliss-reactive ketones (excluding diaryl/α,β-unsaturated/α-hetero) is 1. The van der Waals surface area contributed by atoms with Crippen LogP contribution in [0.2, 0.25) is 5.02 Å². The van der Waals surface area contributed by atoms with Crippen LogP contribution >= 0.6 is 11.6 Å². The van der Waals surface area contributed by atoms with Gasteiger partial charge in [-0.25, -0.2) is 4.39 Å². The van der Waals surface area contributed by atoms with Crippen molar-refractivity contribution in [1.82, 2.24) is 0 Å². The number of ketones is 1. The van der Waals surface area contributed by atoms with Crippen LogP contribution < -0.4 is 9.47 Å². The summed E-state index contributed by atoms with van der Waals surface area (Å²) in [5.74, 6) is 0.236. The Morgan fingerprint density at radius 2 is 1.86 bits per heavy atom. The van der Waals surface area contributed by atoms with E-state index in [4.69, 9.17) is 21.1 Å². The molecule has 2 rings (SSSR count). The maximum atomic E-state index is 13.7. The number of benzene rings is 2. The molecule has 5 heteroatoms.